The molecule has 0 aliphatic heterocycles. The molecule has 17 nitrogen and oxygen atoms in total. The summed E-state index contributed by atoms with van der Waals surface area (Å²) in [4.78, 5) is 75.3. The average Bonchev–Trinajstić information content (AvgIpc) is 2.20. The van der Waals surface area contributed by atoms with E-state index in [4.69, 9.17) is 15.5 Å². The Bertz CT molecular complexity index is 2450. The number of anilines is 2. The zero-order chi connectivity index (χ0) is 66.1. The van der Waals surface area contributed by atoms with E-state index in [1.54, 1.807) is 4.57 Å². The van der Waals surface area contributed by atoms with Gasteiger partial charge in [-0.1, -0.05) is 210 Å². The first kappa shape index (κ1) is 80.4. The summed E-state index contributed by atoms with van der Waals surface area (Å²) in [6, 6.07) is 6.87. The van der Waals surface area contributed by atoms with Gasteiger partial charge in [-0.3, -0.25) is 18.7 Å². The van der Waals surface area contributed by atoms with Crippen LogP contribution in [-0.4, -0.2) is 117 Å². The molecule has 18 heteroatoms. The monoisotopic (exact) mass is 1280 g/mol. The highest BCUT2D eigenvalue weighted by Crippen LogP contribution is 2.34. The molecule has 0 aliphatic carbocycles. The van der Waals surface area contributed by atoms with Gasteiger partial charge in [0.05, 0.1) is 12.7 Å². The summed E-state index contributed by atoms with van der Waals surface area (Å²) in [6.45, 7) is 32.6. The molecular formula is C72H134N11O6P. The average molecular weight is 1280 g/mol. The van der Waals surface area contributed by atoms with Crippen molar-refractivity contribution in [1.29, 1.82) is 0 Å². The Balaban J connectivity index is 1.75. The van der Waals surface area contributed by atoms with Gasteiger partial charge >= 0.3 is 13.3 Å². The minimum atomic E-state index is -3.92. The van der Waals surface area contributed by atoms with Gasteiger partial charge in [0.1, 0.15) is 11.6 Å². The third-order valence-corrected chi connectivity index (χ3v) is 19.5. The number of nitrogen functional groups attached to an aromatic ring is 1. The van der Waals surface area contributed by atoms with E-state index >= 15 is 4.79 Å². The summed E-state index contributed by atoms with van der Waals surface area (Å²) in [7, 11) is -3.92. The van der Waals surface area contributed by atoms with Crippen LogP contribution in [-0.2, 0) is 15.9 Å². The predicted molar refractivity (Wildman–Crippen MR) is 380 cm³/mol. The first-order chi connectivity index (χ1) is 43.1. The second-order valence-electron chi connectivity index (χ2n) is 28.7. The Kier molecular flexibility index (Phi) is 42.1. The molecule has 0 saturated carbocycles. The lowest BCUT2D eigenvalue weighted by atomic mass is 9.89. The van der Waals surface area contributed by atoms with E-state index in [2.05, 4.69) is 118 Å². The van der Waals surface area contributed by atoms with E-state index in [0.717, 1.165) is 133 Å². The minimum absolute atomic E-state index is 0.0783. The summed E-state index contributed by atoms with van der Waals surface area (Å²) < 4.78 is 12.6. The molecule has 7 atom stereocenters. The van der Waals surface area contributed by atoms with E-state index in [9.17, 15) is 14.2 Å². The number of carbonyl (C=O) groups excluding carboxylic acids is 2. The van der Waals surface area contributed by atoms with Crippen LogP contribution in [0.25, 0.3) is 11.2 Å². The Labute approximate surface area is 547 Å². The maximum Gasteiger partial charge on any atom is 0.328 e. The lowest BCUT2D eigenvalue weighted by Crippen LogP contribution is -2.50. The molecule has 518 valence electrons. The second kappa shape index (κ2) is 47.1. The summed E-state index contributed by atoms with van der Waals surface area (Å²) in [5.74, 6) is 5.69. The SMILES string of the molecule is CCCCNc1nc(N)c2[nH]c(=O)n(Cc3ccc(C(=O)N(CCC(C)CCCC(C)CCCC(C)CCCC(C)C)C(CCC(C)CCCC(C)CCCC(C)CCCC(C)C)C(=O)NCCCNCCCCNCCCNCCCP(=O)(O)O)cc3)c2n1. The van der Waals surface area contributed by atoms with Crippen LogP contribution in [0.15, 0.2) is 29.1 Å². The summed E-state index contributed by atoms with van der Waals surface area (Å²) in [5.41, 5.74) is 8.13. The number of nitrogens with one attached hydrogen (secondary N) is 6. The number of benzene rings is 1. The maximum absolute atomic E-state index is 15.2. The fraction of sp³-hybridized carbons (Fsp3) is 0.819. The zero-order valence-electron chi connectivity index (χ0n) is 58.9. The van der Waals surface area contributed by atoms with Crippen molar-refractivity contribution in [3.05, 3.63) is 45.9 Å². The van der Waals surface area contributed by atoms with Gasteiger partial charge in [-0.25, -0.2) is 4.79 Å². The number of hydrogen-bond acceptors (Lipinski definition) is 11. The number of hydrogen-bond donors (Lipinski definition) is 9. The highest BCUT2D eigenvalue weighted by Gasteiger charge is 2.31. The van der Waals surface area contributed by atoms with Gasteiger partial charge in [0.2, 0.25) is 11.9 Å². The molecule has 2 amide bonds. The number of imidazole rings is 1. The fourth-order valence-electron chi connectivity index (χ4n) is 12.4. The summed E-state index contributed by atoms with van der Waals surface area (Å²) in [5, 5.41) is 16.9. The van der Waals surface area contributed by atoms with Crippen LogP contribution in [0.1, 0.15) is 272 Å². The number of nitrogens with zero attached hydrogens (tertiary/aromatic N) is 4. The Morgan fingerprint density at radius 1 is 0.556 bits per heavy atom. The van der Waals surface area contributed by atoms with Crippen LogP contribution >= 0.6 is 7.60 Å². The Morgan fingerprint density at radius 3 is 1.48 bits per heavy atom. The number of fused-ring (bicyclic) bond motifs is 1. The van der Waals surface area contributed by atoms with Crippen molar-refractivity contribution in [1.82, 2.24) is 45.7 Å². The molecule has 0 radical (unpaired) electrons. The lowest BCUT2D eigenvalue weighted by molar-refractivity contribution is -0.126. The third-order valence-electron chi connectivity index (χ3n) is 18.6. The Hall–Kier alpha value is -3.86. The topological polar surface area (TPSA) is 245 Å². The first-order valence-electron chi connectivity index (χ1n) is 36.4. The number of H-pyrrole nitrogens is 1. The van der Waals surface area contributed by atoms with Gasteiger partial charge in [0, 0.05) is 25.2 Å². The molecule has 2 heterocycles. The number of aromatic amines is 1. The molecule has 2 aromatic heterocycles. The molecule has 90 heavy (non-hydrogen) atoms. The van der Waals surface area contributed by atoms with Gasteiger partial charge in [0.15, 0.2) is 11.5 Å². The minimum Gasteiger partial charge on any atom is -0.382 e. The highest BCUT2D eigenvalue weighted by molar-refractivity contribution is 7.51. The van der Waals surface area contributed by atoms with Crippen LogP contribution in [0.3, 0.4) is 0 Å². The molecule has 0 fully saturated rings. The van der Waals surface area contributed by atoms with E-state index in [-0.39, 0.29) is 36.0 Å². The lowest BCUT2D eigenvalue weighted by Gasteiger charge is -2.33. The number of nitrogens with two attached hydrogens (primary N) is 1. The molecule has 1 aromatic carbocycles. The van der Waals surface area contributed by atoms with Crippen molar-refractivity contribution in [3.8, 4) is 0 Å². The third kappa shape index (κ3) is 36.6. The van der Waals surface area contributed by atoms with Crippen LogP contribution < -0.4 is 38.0 Å². The zero-order valence-corrected chi connectivity index (χ0v) is 59.8. The molecule has 0 aliphatic rings. The van der Waals surface area contributed by atoms with Gasteiger partial charge in [-0.15, -0.1) is 0 Å². The van der Waals surface area contributed by atoms with Gasteiger partial charge in [0.25, 0.3) is 5.91 Å². The number of amides is 2. The largest absolute Gasteiger partial charge is 0.382 e. The van der Waals surface area contributed by atoms with E-state index in [1.807, 2.05) is 29.2 Å². The summed E-state index contributed by atoms with van der Waals surface area (Å²) >= 11 is 0. The standard InChI is InChI=1S/C72H134N11O6P/c1-12-13-50-78-71-80-67(73)66-68(81-71)83(72(86)79-66)54-63-38-40-64(41-39-63)70(85)82(52-43-62(11)36-21-34-60(9)32-19-30-58(7)28-17-26-56(4)5)65(42-37-61(10)35-20-33-59(8)31-18-29-57(6)27-16-25-55(2)3)69(84)77-51-23-48-75-45-15-14-44-74-46-22-47-76-49-24-53-90(87,88)89/h38-41,55-62,65,74-76H,12-37,42-54H2,1-11H3,(H,77,84)(H,79,86)(H2,87,88,89)(H3,73,78,80,81). The fourth-order valence-corrected chi connectivity index (χ4v) is 13.0. The highest BCUT2D eigenvalue weighted by atomic mass is 31.2. The maximum atomic E-state index is 15.2. The molecular weight excluding hydrogens is 1150 g/mol. The van der Waals surface area contributed by atoms with Crippen molar-refractivity contribution in [2.45, 2.75) is 269 Å². The van der Waals surface area contributed by atoms with Crippen LogP contribution in [0.5, 0.6) is 0 Å². The van der Waals surface area contributed by atoms with E-state index in [0.29, 0.717) is 85.4 Å². The van der Waals surface area contributed by atoms with Crippen molar-refractivity contribution >= 4 is 42.3 Å². The molecule has 7 unspecified atom stereocenters. The molecule has 3 aromatic rings. The van der Waals surface area contributed by atoms with Gasteiger partial charge in [-0.05, 0) is 162 Å². The van der Waals surface area contributed by atoms with Crippen LogP contribution in [0, 0.1) is 47.3 Å². The number of carbonyl (C=O) groups is 2. The number of unbranched alkanes of at least 4 members (excludes halogenated alkanes) is 2. The van der Waals surface area contributed by atoms with E-state index in [1.165, 1.54) is 96.3 Å². The predicted octanol–water partition coefficient (Wildman–Crippen LogP) is 15.1. The summed E-state index contributed by atoms with van der Waals surface area (Å²) in [6.07, 6.45) is 31.2. The molecule has 0 spiro atoms. The van der Waals surface area contributed by atoms with Gasteiger partial charge < -0.3 is 52.0 Å². The van der Waals surface area contributed by atoms with Crippen molar-refractivity contribution in [2.24, 2.45) is 47.3 Å². The van der Waals surface area contributed by atoms with Crippen molar-refractivity contribution in [3.63, 3.8) is 0 Å². The molecule has 3 rings (SSSR count). The quantitative estimate of drug-likeness (QED) is 0.0189. The number of rotatable bonds is 56. The first-order valence-corrected chi connectivity index (χ1v) is 38.2. The smallest absolute Gasteiger partial charge is 0.328 e. The van der Waals surface area contributed by atoms with Crippen molar-refractivity contribution < 1.29 is 23.9 Å². The molecule has 0 saturated heterocycles. The molecule has 10 N–H and O–H groups in total. The van der Waals surface area contributed by atoms with Crippen molar-refractivity contribution in [2.75, 3.05) is 76.1 Å². The van der Waals surface area contributed by atoms with Gasteiger partial charge in [-0.2, -0.15) is 9.97 Å². The van der Waals surface area contributed by atoms with E-state index < -0.39 is 13.6 Å². The van der Waals surface area contributed by atoms with Crippen LogP contribution in [0.2, 0.25) is 0 Å². The normalized spacial score (nSPS) is 14.5. The molecule has 0 bridgehead atoms. The Morgan fingerprint density at radius 2 is 1.00 bits per heavy atom. The van der Waals surface area contributed by atoms with Crippen LogP contribution in [0.4, 0.5) is 11.8 Å². The number of aromatic nitrogens is 4. The second-order valence-corrected chi connectivity index (χ2v) is 30.5.